The lowest BCUT2D eigenvalue weighted by molar-refractivity contribution is 0.0188. The number of methoxy groups -OCH3 is 1. The molecule has 4 rings (SSSR count). The Morgan fingerprint density at radius 3 is 2.14 bits per heavy atom. The first kappa shape index (κ1) is 24.8. The molecule has 0 radical (unpaired) electrons. The molecule has 0 spiro atoms. The average molecular weight is 487 g/mol. The molecule has 0 unspecified atom stereocenters. The van der Waals surface area contributed by atoms with E-state index >= 15 is 4.39 Å². The molecule has 0 saturated heterocycles. The van der Waals surface area contributed by atoms with Crippen LogP contribution in [0.2, 0.25) is 0 Å². The van der Waals surface area contributed by atoms with Gasteiger partial charge in [0.05, 0.1) is 12.7 Å². The predicted molar refractivity (Wildman–Crippen MR) is 124 cm³/mol. The van der Waals surface area contributed by atoms with Gasteiger partial charge in [-0.1, -0.05) is 43.3 Å². The first-order chi connectivity index (χ1) is 16.8. The van der Waals surface area contributed by atoms with Crippen molar-refractivity contribution < 1.29 is 31.8 Å². The molecule has 1 saturated carbocycles. The number of esters is 1. The number of rotatable bonds is 6. The summed E-state index contributed by atoms with van der Waals surface area (Å²) in [6, 6.07) is 12.9. The summed E-state index contributed by atoms with van der Waals surface area (Å²) in [5, 5.41) is 0. The highest BCUT2D eigenvalue weighted by atomic mass is 19.2. The number of carbonyl (C=O) groups is 1. The molecule has 3 aromatic rings. The third kappa shape index (κ3) is 5.04. The smallest absolute Gasteiger partial charge is 0.341 e. The van der Waals surface area contributed by atoms with E-state index in [1.165, 1.54) is 7.11 Å². The van der Waals surface area contributed by atoms with Crippen molar-refractivity contribution in [2.24, 2.45) is 0 Å². The fourth-order valence-electron chi connectivity index (χ4n) is 4.58. The molecule has 0 N–H and O–H groups in total. The van der Waals surface area contributed by atoms with Crippen molar-refractivity contribution in [1.29, 1.82) is 0 Å². The van der Waals surface area contributed by atoms with Gasteiger partial charge in [-0.2, -0.15) is 4.39 Å². The van der Waals surface area contributed by atoms with Crippen molar-refractivity contribution >= 4 is 5.97 Å². The molecule has 3 nitrogen and oxygen atoms in total. The summed E-state index contributed by atoms with van der Waals surface area (Å²) in [5.74, 6) is -5.83. The molecule has 0 atom stereocenters. The van der Waals surface area contributed by atoms with Crippen LogP contribution in [-0.2, 0) is 11.2 Å². The maximum atomic E-state index is 15.0. The zero-order valence-corrected chi connectivity index (χ0v) is 19.5. The number of carbonyl (C=O) groups excluding carboxylic acids is 1. The second-order valence-corrected chi connectivity index (χ2v) is 8.70. The Balaban J connectivity index is 1.42. The molecular formula is C28H26F4O3. The molecule has 7 heteroatoms. The summed E-state index contributed by atoms with van der Waals surface area (Å²) in [7, 11) is 1.19. The number of aryl methyl sites for hydroxylation is 1. The minimum atomic E-state index is -1.33. The van der Waals surface area contributed by atoms with Gasteiger partial charge >= 0.3 is 5.97 Å². The Morgan fingerprint density at radius 2 is 1.51 bits per heavy atom. The predicted octanol–water partition coefficient (Wildman–Crippen LogP) is 7.36. The molecule has 0 aromatic heterocycles. The molecule has 35 heavy (non-hydrogen) atoms. The maximum absolute atomic E-state index is 15.0. The lowest BCUT2D eigenvalue weighted by Crippen LogP contribution is -2.25. The average Bonchev–Trinajstić information content (AvgIpc) is 2.88. The van der Waals surface area contributed by atoms with Gasteiger partial charge in [0.1, 0.15) is 6.10 Å². The molecule has 184 valence electrons. The highest BCUT2D eigenvalue weighted by Gasteiger charge is 2.30. The van der Waals surface area contributed by atoms with E-state index in [0.717, 1.165) is 24.1 Å². The van der Waals surface area contributed by atoms with E-state index in [1.807, 2.05) is 19.1 Å². The van der Waals surface area contributed by atoms with Gasteiger partial charge in [-0.3, -0.25) is 0 Å². The van der Waals surface area contributed by atoms with Crippen LogP contribution in [0.15, 0.2) is 48.5 Å². The highest BCUT2D eigenvalue weighted by Crippen LogP contribution is 2.38. The van der Waals surface area contributed by atoms with Gasteiger partial charge < -0.3 is 9.47 Å². The van der Waals surface area contributed by atoms with Crippen LogP contribution in [-0.4, -0.2) is 19.2 Å². The van der Waals surface area contributed by atoms with Gasteiger partial charge in [0.15, 0.2) is 23.2 Å². The number of halogens is 4. The largest absolute Gasteiger partial charge is 0.494 e. The molecule has 0 heterocycles. The van der Waals surface area contributed by atoms with E-state index in [4.69, 9.17) is 9.47 Å². The molecule has 0 aliphatic heterocycles. The quantitative estimate of drug-likeness (QED) is 0.270. The Kier molecular flexibility index (Phi) is 7.43. The maximum Gasteiger partial charge on any atom is 0.341 e. The van der Waals surface area contributed by atoms with Gasteiger partial charge in [0, 0.05) is 5.56 Å². The van der Waals surface area contributed by atoms with Crippen LogP contribution in [0.1, 0.15) is 60.0 Å². The van der Waals surface area contributed by atoms with Crippen molar-refractivity contribution in [3.05, 3.63) is 88.5 Å². The first-order valence-corrected chi connectivity index (χ1v) is 11.6. The molecular weight excluding hydrogens is 460 g/mol. The summed E-state index contributed by atoms with van der Waals surface area (Å²) < 4.78 is 68.1. The zero-order valence-electron chi connectivity index (χ0n) is 19.5. The van der Waals surface area contributed by atoms with E-state index in [2.05, 4.69) is 0 Å². The Hall–Kier alpha value is -3.35. The standard InChI is InChI=1S/C28H26F4O3/c1-3-16-4-6-17(7-5-16)20-12-13-21(25(30)24(20)29)18-8-10-19(11-9-18)35-28(33)22-14-15-23(34-2)27(32)26(22)31/h4-7,12-15,18-19H,3,8-11H2,1-2H3. The van der Waals surface area contributed by atoms with E-state index in [9.17, 15) is 18.0 Å². The SMILES string of the molecule is CCc1ccc(-c2ccc(C3CCC(OC(=O)c4ccc(OC)c(F)c4F)CC3)c(F)c2F)cc1. The van der Waals surface area contributed by atoms with E-state index in [1.54, 1.807) is 24.3 Å². The third-order valence-electron chi connectivity index (χ3n) is 6.66. The van der Waals surface area contributed by atoms with Gasteiger partial charge in [-0.15, -0.1) is 0 Å². The van der Waals surface area contributed by atoms with Crippen LogP contribution in [0.3, 0.4) is 0 Å². The van der Waals surface area contributed by atoms with Crippen LogP contribution in [0, 0.1) is 23.3 Å². The summed E-state index contributed by atoms with van der Waals surface area (Å²) in [4.78, 5) is 12.4. The number of ether oxygens (including phenoxy) is 2. The molecule has 0 bridgehead atoms. The summed E-state index contributed by atoms with van der Waals surface area (Å²) >= 11 is 0. The number of benzene rings is 3. The van der Waals surface area contributed by atoms with Crippen LogP contribution >= 0.6 is 0 Å². The van der Waals surface area contributed by atoms with Crippen LogP contribution in [0.4, 0.5) is 17.6 Å². The van der Waals surface area contributed by atoms with Crippen molar-refractivity contribution in [3.63, 3.8) is 0 Å². The Labute approximate surface area is 201 Å². The second-order valence-electron chi connectivity index (χ2n) is 8.70. The van der Waals surface area contributed by atoms with Crippen molar-refractivity contribution in [3.8, 4) is 16.9 Å². The normalized spacial score (nSPS) is 17.8. The van der Waals surface area contributed by atoms with E-state index in [-0.39, 0.29) is 17.2 Å². The van der Waals surface area contributed by atoms with Crippen LogP contribution in [0.5, 0.6) is 5.75 Å². The highest BCUT2D eigenvalue weighted by molar-refractivity contribution is 5.90. The first-order valence-electron chi connectivity index (χ1n) is 11.6. The lowest BCUT2D eigenvalue weighted by Gasteiger charge is -2.29. The summed E-state index contributed by atoms with van der Waals surface area (Å²) in [6.07, 6.45) is 2.08. The molecule has 1 aliphatic carbocycles. The molecule has 1 fully saturated rings. The fraction of sp³-hybridized carbons (Fsp3) is 0.321. The minimum absolute atomic E-state index is 0.213. The number of hydrogen-bond acceptors (Lipinski definition) is 3. The van der Waals surface area contributed by atoms with Gasteiger partial charge in [-0.25, -0.2) is 18.0 Å². The van der Waals surface area contributed by atoms with Crippen molar-refractivity contribution in [2.45, 2.75) is 51.0 Å². The van der Waals surface area contributed by atoms with Crippen LogP contribution in [0.25, 0.3) is 11.1 Å². The lowest BCUT2D eigenvalue weighted by atomic mass is 9.82. The third-order valence-corrected chi connectivity index (χ3v) is 6.66. The minimum Gasteiger partial charge on any atom is -0.494 e. The molecule has 3 aromatic carbocycles. The Morgan fingerprint density at radius 1 is 0.829 bits per heavy atom. The summed E-state index contributed by atoms with van der Waals surface area (Å²) in [6.45, 7) is 2.02. The van der Waals surface area contributed by atoms with Gasteiger partial charge in [0.25, 0.3) is 0 Å². The van der Waals surface area contributed by atoms with Crippen molar-refractivity contribution in [2.75, 3.05) is 7.11 Å². The van der Waals surface area contributed by atoms with E-state index < -0.39 is 40.9 Å². The fourth-order valence-corrected chi connectivity index (χ4v) is 4.58. The zero-order chi connectivity index (χ0) is 25.1. The van der Waals surface area contributed by atoms with Gasteiger partial charge in [0.2, 0.25) is 5.82 Å². The topological polar surface area (TPSA) is 35.5 Å². The monoisotopic (exact) mass is 486 g/mol. The Bertz CT molecular complexity index is 1220. The van der Waals surface area contributed by atoms with Gasteiger partial charge in [-0.05, 0) is 66.8 Å². The van der Waals surface area contributed by atoms with Crippen LogP contribution < -0.4 is 4.74 Å². The molecule has 1 aliphatic rings. The molecule has 0 amide bonds. The number of hydrogen-bond donors (Lipinski definition) is 0. The van der Waals surface area contributed by atoms with Crippen molar-refractivity contribution in [1.82, 2.24) is 0 Å². The second kappa shape index (κ2) is 10.5. The summed E-state index contributed by atoms with van der Waals surface area (Å²) in [5.41, 5.74) is 1.72. The van der Waals surface area contributed by atoms with E-state index in [0.29, 0.717) is 36.8 Å².